The Bertz CT molecular complexity index is 442. The number of aryl methyl sites for hydroxylation is 2. The normalized spacial score (nSPS) is 10.6. The van der Waals surface area contributed by atoms with Crippen LogP contribution in [0.3, 0.4) is 0 Å². The molecule has 0 aromatic carbocycles. The molecule has 1 N–H and O–H groups in total. The smallest absolute Gasteiger partial charge is 0.184 e. The Morgan fingerprint density at radius 3 is 2.80 bits per heavy atom. The summed E-state index contributed by atoms with van der Waals surface area (Å²) in [6.07, 6.45) is 0. The Kier molecular flexibility index (Phi) is 3.43. The third kappa shape index (κ3) is 2.80. The summed E-state index contributed by atoms with van der Waals surface area (Å²) in [4.78, 5) is 7.04. The van der Waals surface area contributed by atoms with Crippen molar-refractivity contribution in [3.8, 4) is 0 Å². The molecule has 0 aliphatic rings. The van der Waals surface area contributed by atoms with Gasteiger partial charge < -0.3 is 5.32 Å². The van der Waals surface area contributed by atoms with Gasteiger partial charge in [0.05, 0.1) is 6.54 Å². The molecule has 0 bridgehead atoms. The average Bonchev–Trinajstić information content (AvgIpc) is 2.72. The van der Waals surface area contributed by atoms with Crippen molar-refractivity contribution in [3.63, 3.8) is 0 Å². The predicted octanol–water partition coefficient (Wildman–Crippen LogP) is 4.20. The molecule has 0 radical (unpaired) electrons. The minimum atomic E-state index is 0.860. The molecule has 2 heterocycles. The predicted molar refractivity (Wildman–Crippen MR) is 70.9 cm³/mol. The number of aromatic nitrogens is 1. The van der Waals surface area contributed by atoms with Gasteiger partial charge in [-0.1, -0.05) is 0 Å². The topological polar surface area (TPSA) is 24.9 Å². The molecule has 0 fully saturated rings. The van der Waals surface area contributed by atoms with Gasteiger partial charge >= 0.3 is 0 Å². The van der Waals surface area contributed by atoms with Crippen LogP contribution in [-0.2, 0) is 6.54 Å². The van der Waals surface area contributed by atoms with Crippen molar-refractivity contribution in [1.29, 1.82) is 0 Å². The van der Waals surface area contributed by atoms with Crippen molar-refractivity contribution in [2.24, 2.45) is 0 Å². The molecule has 0 aliphatic carbocycles. The zero-order valence-electron chi connectivity index (χ0n) is 8.50. The number of thiazole rings is 1. The molecule has 0 aliphatic heterocycles. The second kappa shape index (κ2) is 4.63. The summed E-state index contributed by atoms with van der Waals surface area (Å²) in [6, 6.07) is 2.23. The van der Waals surface area contributed by atoms with Gasteiger partial charge in [0, 0.05) is 15.1 Å². The fourth-order valence-corrected chi connectivity index (χ4v) is 3.37. The number of nitrogens with one attached hydrogen (secondary N) is 1. The van der Waals surface area contributed by atoms with Crippen LogP contribution in [0.15, 0.2) is 16.0 Å². The van der Waals surface area contributed by atoms with Gasteiger partial charge in [0.15, 0.2) is 5.13 Å². The molecule has 0 amide bonds. The van der Waals surface area contributed by atoms with Gasteiger partial charge in [0.1, 0.15) is 4.60 Å². The molecule has 0 saturated carbocycles. The molecular formula is C10H11BrN2S2. The number of nitrogens with zero attached hydrogens (tertiary/aromatic N) is 1. The zero-order chi connectivity index (χ0) is 10.8. The van der Waals surface area contributed by atoms with Gasteiger partial charge in [-0.25, -0.2) is 4.98 Å². The highest BCUT2D eigenvalue weighted by molar-refractivity contribution is 9.10. The molecular weight excluding hydrogens is 292 g/mol. The molecule has 0 unspecified atom stereocenters. The second-order valence-electron chi connectivity index (χ2n) is 3.28. The molecule has 80 valence electrons. The third-order valence-corrected chi connectivity index (χ3v) is 4.77. The van der Waals surface area contributed by atoms with Crippen LogP contribution in [0.1, 0.15) is 15.3 Å². The maximum absolute atomic E-state index is 4.28. The summed E-state index contributed by atoms with van der Waals surface area (Å²) >= 11 is 6.79. The number of hydrogen-bond donors (Lipinski definition) is 1. The summed E-state index contributed by atoms with van der Waals surface area (Å²) in [5.41, 5.74) is 1.37. The van der Waals surface area contributed by atoms with E-state index in [4.69, 9.17) is 0 Å². The van der Waals surface area contributed by atoms with Crippen molar-refractivity contribution in [1.82, 2.24) is 4.98 Å². The Labute approximate surface area is 106 Å². The summed E-state index contributed by atoms with van der Waals surface area (Å²) in [5, 5.41) is 6.25. The first-order valence-corrected chi connectivity index (χ1v) is 7.05. The molecule has 15 heavy (non-hydrogen) atoms. The van der Waals surface area contributed by atoms with Crippen LogP contribution in [0.2, 0.25) is 0 Å². The Hall–Kier alpha value is -0.390. The average molecular weight is 303 g/mol. The maximum Gasteiger partial charge on any atom is 0.184 e. The summed E-state index contributed by atoms with van der Waals surface area (Å²) in [5.74, 6) is 0. The lowest BCUT2D eigenvalue weighted by Crippen LogP contribution is -1.96. The van der Waals surface area contributed by atoms with E-state index in [1.165, 1.54) is 15.3 Å². The Morgan fingerprint density at radius 2 is 2.27 bits per heavy atom. The lowest BCUT2D eigenvalue weighted by Gasteiger charge is -1.98. The first kappa shape index (κ1) is 11.1. The highest BCUT2D eigenvalue weighted by atomic mass is 79.9. The van der Waals surface area contributed by atoms with Crippen LogP contribution in [0.5, 0.6) is 0 Å². The first-order chi connectivity index (χ1) is 7.15. The van der Waals surface area contributed by atoms with E-state index in [1.807, 2.05) is 16.7 Å². The SMILES string of the molecule is Cc1cc(CNc2nc(Br)cs2)sc1C. The van der Waals surface area contributed by atoms with E-state index in [2.05, 4.69) is 46.1 Å². The van der Waals surface area contributed by atoms with Crippen molar-refractivity contribution >= 4 is 43.7 Å². The minimum absolute atomic E-state index is 0.860. The van der Waals surface area contributed by atoms with Crippen LogP contribution in [-0.4, -0.2) is 4.98 Å². The Morgan fingerprint density at radius 1 is 1.47 bits per heavy atom. The lowest BCUT2D eigenvalue weighted by atomic mass is 10.3. The Balaban J connectivity index is 1.99. The van der Waals surface area contributed by atoms with Crippen LogP contribution in [0, 0.1) is 13.8 Å². The molecule has 2 aromatic heterocycles. The largest absolute Gasteiger partial charge is 0.357 e. The third-order valence-electron chi connectivity index (χ3n) is 2.11. The summed E-state index contributed by atoms with van der Waals surface area (Å²) in [7, 11) is 0. The highest BCUT2D eigenvalue weighted by Crippen LogP contribution is 2.23. The molecule has 0 spiro atoms. The van der Waals surface area contributed by atoms with Crippen molar-refractivity contribution < 1.29 is 0 Å². The summed E-state index contributed by atoms with van der Waals surface area (Å²) in [6.45, 7) is 5.16. The monoisotopic (exact) mass is 302 g/mol. The van der Waals surface area contributed by atoms with Crippen LogP contribution in [0.4, 0.5) is 5.13 Å². The van der Waals surface area contributed by atoms with E-state index in [9.17, 15) is 0 Å². The van der Waals surface area contributed by atoms with Crippen LogP contribution < -0.4 is 5.32 Å². The zero-order valence-corrected chi connectivity index (χ0v) is 11.7. The van der Waals surface area contributed by atoms with Gasteiger partial charge in [-0.2, -0.15) is 0 Å². The minimum Gasteiger partial charge on any atom is -0.357 e. The number of hydrogen-bond acceptors (Lipinski definition) is 4. The van der Waals surface area contributed by atoms with Crippen LogP contribution in [0.25, 0.3) is 0 Å². The van der Waals surface area contributed by atoms with Gasteiger partial charge in [0.2, 0.25) is 0 Å². The van der Waals surface area contributed by atoms with E-state index in [0.717, 1.165) is 16.3 Å². The van der Waals surface area contributed by atoms with Crippen molar-refractivity contribution in [2.45, 2.75) is 20.4 Å². The molecule has 0 saturated heterocycles. The quantitative estimate of drug-likeness (QED) is 0.919. The lowest BCUT2D eigenvalue weighted by molar-refractivity contribution is 1.16. The van der Waals surface area contributed by atoms with Gasteiger partial charge in [-0.05, 0) is 41.4 Å². The van der Waals surface area contributed by atoms with E-state index < -0.39 is 0 Å². The molecule has 5 heteroatoms. The van der Waals surface area contributed by atoms with E-state index in [1.54, 1.807) is 11.3 Å². The summed E-state index contributed by atoms with van der Waals surface area (Å²) < 4.78 is 0.897. The van der Waals surface area contributed by atoms with E-state index in [0.29, 0.717) is 0 Å². The van der Waals surface area contributed by atoms with Crippen molar-refractivity contribution in [2.75, 3.05) is 5.32 Å². The van der Waals surface area contributed by atoms with E-state index in [-0.39, 0.29) is 0 Å². The number of thiophene rings is 1. The first-order valence-electron chi connectivity index (χ1n) is 4.56. The van der Waals surface area contributed by atoms with E-state index >= 15 is 0 Å². The molecule has 2 aromatic rings. The van der Waals surface area contributed by atoms with Gasteiger partial charge in [0.25, 0.3) is 0 Å². The van der Waals surface area contributed by atoms with Crippen LogP contribution >= 0.6 is 38.6 Å². The number of rotatable bonds is 3. The molecule has 2 nitrogen and oxygen atoms in total. The van der Waals surface area contributed by atoms with Crippen molar-refractivity contribution in [3.05, 3.63) is 31.4 Å². The van der Waals surface area contributed by atoms with Gasteiger partial charge in [-0.3, -0.25) is 0 Å². The highest BCUT2D eigenvalue weighted by Gasteiger charge is 2.03. The maximum atomic E-state index is 4.28. The number of anilines is 1. The standard InChI is InChI=1S/C10H11BrN2S2/c1-6-3-8(15-7(6)2)4-12-10-13-9(11)5-14-10/h3,5H,4H2,1-2H3,(H,12,13). The molecule has 2 rings (SSSR count). The van der Waals surface area contributed by atoms with Gasteiger partial charge in [-0.15, -0.1) is 22.7 Å². The second-order valence-corrected chi connectivity index (χ2v) is 6.29. The number of halogens is 1. The fourth-order valence-electron chi connectivity index (χ4n) is 1.23. The molecule has 0 atom stereocenters. The fraction of sp³-hybridized carbons (Fsp3) is 0.300.